The third kappa shape index (κ3) is 4.55. The Kier molecular flexibility index (Phi) is 5.92. The average Bonchev–Trinajstić information content (AvgIpc) is 3.25. The van der Waals surface area contributed by atoms with Crippen LogP contribution in [0.4, 0.5) is 0 Å². The molecule has 1 aromatic carbocycles. The number of carbonyl (C=O) groups is 2. The topological polar surface area (TPSA) is 124 Å². The van der Waals surface area contributed by atoms with Crippen LogP contribution in [0.2, 0.25) is 10.0 Å². The number of aliphatic hydroxyl groups is 1. The first-order valence-electron chi connectivity index (χ1n) is 8.12. The van der Waals surface area contributed by atoms with E-state index in [9.17, 15) is 14.7 Å². The molecule has 2 aromatic rings. The fraction of sp³-hybridized carbons (Fsp3) is 0.312. The summed E-state index contributed by atoms with van der Waals surface area (Å²) in [4.78, 5) is 25.6. The van der Waals surface area contributed by atoms with Crippen LogP contribution in [0.5, 0.6) is 0 Å². The summed E-state index contributed by atoms with van der Waals surface area (Å²) in [5.41, 5.74) is 1.03. The summed E-state index contributed by atoms with van der Waals surface area (Å²) in [7, 11) is 0. The maximum Gasteiger partial charge on any atom is 0.289 e. The Balaban J connectivity index is 1.48. The molecule has 0 aliphatic carbocycles. The SMILES string of the molecule is O=C(NCCCc1ccc(Cl)c(Cl)c1)C1=C(O)C(=O)N(Cc2nnn[nH]2)C1. The van der Waals surface area contributed by atoms with Crippen LogP contribution in [0.25, 0.3) is 0 Å². The third-order valence-corrected chi connectivity index (χ3v) is 4.78. The summed E-state index contributed by atoms with van der Waals surface area (Å²) in [6.07, 6.45) is 1.37. The van der Waals surface area contributed by atoms with Crippen molar-refractivity contribution in [2.24, 2.45) is 0 Å². The molecular formula is C16H16Cl2N6O3. The van der Waals surface area contributed by atoms with E-state index in [-0.39, 0.29) is 18.7 Å². The molecule has 0 saturated heterocycles. The molecule has 1 aliphatic rings. The van der Waals surface area contributed by atoms with E-state index in [0.717, 1.165) is 5.56 Å². The fourth-order valence-electron chi connectivity index (χ4n) is 2.65. The molecule has 1 aliphatic heterocycles. The van der Waals surface area contributed by atoms with E-state index in [1.165, 1.54) is 4.90 Å². The number of aliphatic hydroxyl groups excluding tert-OH is 1. The molecule has 0 atom stereocenters. The van der Waals surface area contributed by atoms with Gasteiger partial charge in [-0.3, -0.25) is 9.59 Å². The van der Waals surface area contributed by atoms with Gasteiger partial charge in [-0.05, 0) is 41.0 Å². The summed E-state index contributed by atoms with van der Waals surface area (Å²) < 4.78 is 0. The Labute approximate surface area is 164 Å². The number of nitrogens with zero attached hydrogens (tertiary/aromatic N) is 4. The zero-order chi connectivity index (χ0) is 19.4. The lowest BCUT2D eigenvalue weighted by molar-refractivity contribution is -0.128. The van der Waals surface area contributed by atoms with Gasteiger partial charge in [0.25, 0.3) is 11.8 Å². The van der Waals surface area contributed by atoms with Gasteiger partial charge in [0.1, 0.15) is 0 Å². The van der Waals surface area contributed by atoms with Crippen molar-refractivity contribution < 1.29 is 14.7 Å². The normalized spacial score (nSPS) is 14.1. The van der Waals surface area contributed by atoms with Gasteiger partial charge < -0.3 is 15.3 Å². The number of hydrogen-bond donors (Lipinski definition) is 3. The molecule has 0 radical (unpaired) electrons. The molecule has 1 aromatic heterocycles. The van der Waals surface area contributed by atoms with Crippen molar-refractivity contribution >= 4 is 35.0 Å². The van der Waals surface area contributed by atoms with E-state index in [1.54, 1.807) is 12.1 Å². The largest absolute Gasteiger partial charge is 0.503 e. The maximum atomic E-state index is 12.3. The van der Waals surface area contributed by atoms with E-state index in [1.807, 2.05) is 6.07 Å². The van der Waals surface area contributed by atoms with E-state index < -0.39 is 17.6 Å². The Morgan fingerprint density at radius 1 is 1.33 bits per heavy atom. The van der Waals surface area contributed by atoms with Crippen LogP contribution in [0.1, 0.15) is 17.8 Å². The molecule has 27 heavy (non-hydrogen) atoms. The standard InChI is InChI=1S/C16H16Cl2N6O3/c17-11-4-3-9(6-12(11)18)2-1-5-19-15(26)10-7-24(16(27)14(10)25)8-13-20-22-23-21-13/h3-4,6,25H,1-2,5,7-8H2,(H,19,26)(H,20,21,22,23). The number of aromatic nitrogens is 4. The number of hydrogen-bond acceptors (Lipinski definition) is 6. The zero-order valence-electron chi connectivity index (χ0n) is 14.1. The minimum absolute atomic E-state index is 0.00993. The van der Waals surface area contributed by atoms with Gasteiger partial charge in [0.05, 0.1) is 28.7 Å². The second-order valence-corrected chi connectivity index (χ2v) is 6.76. The molecule has 0 bridgehead atoms. The van der Waals surface area contributed by atoms with Crippen LogP contribution in [0, 0.1) is 0 Å². The number of H-pyrrole nitrogens is 1. The molecule has 3 N–H and O–H groups in total. The third-order valence-electron chi connectivity index (χ3n) is 4.04. The van der Waals surface area contributed by atoms with Crippen LogP contribution >= 0.6 is 23.2 Å². The van der Waals surface area contributed by atoms with Crippen LogP contribution in [0.15, 0.2) is 29.5 Å². The summed E-state index contributed by atoms with van der Waals surface area (Å²) >= 11 is 11.8. The van der Waals surface area contributed by atoms with Crippen LogP contribution in [0.3, 0.4) is 0 Å². The monoisotopic (exact) mass is 410 g/mol. The highest BCUT2D eigenvalue weighted by Crippen LogP contribution is 2.23. The van der Waals surface area contributed by atoms with Crippen molar-refractivity contribution in [1.29, 1.82) is 0 Å². The van der Waals surface area contributed by atoms with E-state index >= 15 is 0 Å². The molecule has 0 saturated carbocycles. The van der Waals surface area contributed by atoms with E-state index in [4.69, 9.17) is 23.2 Å². The summed E-state index contributed by atoms with van der Waals surface area (Å²) in [6.45, 7) is 0.448. The first-order chi connectivity index (χ1) is 13.0. The average molecular weight is 411 g/mol. The van der Waals surface area contributed by atoms with Gasteiger partial charge in [0.2, 0.25) is 0 Å². The molecule has 9 nitrogen and oxygen atoms in total. The van der Waals surface area contributed by atoms with Gasteiger partial charge in [0.15, 0.2) is 11.6 Å². The molecular weight excluding hydrogens is 395 g/mol. The number of aromatic amines is 1. The Hall–Kier alpha value is -2.65. The summed E-state index contributed by atoms with van der Waals surface area (Å²) in [5.74, 6) is -1.30. The zero-order valence-corrected chi connectivity index (χ0v) is 15.6. The van der Waals surface area contributed by atoms with Crippen LogP contribution in [-0.2, 0) is 22.6 Å². The predicted molar refractivity (Wildman–Crippen MR) is 97.0 cm³/mol. The predicted octanol–water partition coefficient (Wildman–Crippen LogP) is 1.41. The first-order valence-corrected chi connectivity index (χ1v) is 8.87. The lowest BCUT2D eigenvalue weighted by Crippen LogP contribution is -2.30. The Morgan fingerprint density at radius 3 is 2.85 bits per heavy atom. The lowest BCUT2D eigenvalue weighted by atomic mass is 10.1. The summed E-state index contributed by atoms with van der Waals surface area (Å²) in [5, 5.41) is 26.7. The Morgan fingerprint density at radius 2 is 2.15 bits per heavy atom. The van der Waals surface area contributed by atoms with Crippen molar-refractivity contribution in [3.8, 4) is 0 Å². The van der Waals surface area contributed by atoms with E-state index in [2.05, 4.69) is 25.9 Å². The smallest absolute Gasteiger partial charge is 0.289 e. The Bertz CT molecular complexity index is 884. The minimum atomic E-state index is -0.632. The molecule has 2 amide bonds. The van der Waals surface area contributed by atoms with Crippen molar-refractivity contribution in [3.05, 3.63) is 51.0 Å². The number of nitrogens with one attached hydrogen (secondary N) is 2. The highest BCUT2D eigenvalue weighted by Gasteiger charge is 2.34. The maximum absolute atomic E-state index is 12.3. The van der Waals surface area contributed by atoms with Crippen LogP contribution in [-0.4, -0.2) is 55.5 Å². The number of carbonyl (C=O) groups excluding carboxylic acids is 2. The van der Waals surface area contributed by atoms with Gasteiger partial charge in [-0.2, -0.15) is 0 Å². The van der Waals surface area contributed by atoms with Crippen LogP contribution < -0.4 is 5.32 Å². The quantitative estimate of drug-likeness (QED) is 0.592. The molecule has 3 rings (SSSR count). The second-order valence-electron chi connectivity index (χ2n) is 5.94. The number of tetrazole rings is 1. The highest BCUT2D eigenvalue weighted by molar-refractivity contribution is 6.42. The molecule has 142 valence electrons. The first kappa shape index (κ1) is 19.1. The number of benzene rings is 1. The van der Waals surface area contributed by atoms with Gasteiger partial charge in [-0.15, -0.1) is 5.10 Å². The molecule has 2 heterocycles. The van der Waals surface area contributed by atoms with Crippen molar-refractivity contribution in [3.63, 3.8) is 0 Å². The highest BCUT2D eigenvalue weighted by atomic mass is 35.5. The molecule has 0 fully saturated rings. The van der Waals surface area contributed by atoms with Crippen molar-refractivity contribution in [1.82, 2.24) is 30.8 Å². The molecule has 11 heteroatoms. The lowest BCUT2D eigenvalue weighted by Gasteiger charge is -2.13. The number of aryl methyl sites for hydroxylation is 1. The number of halogens is 2. The van der Waals surface area contributed by atoms with Gasteiger partial charge >= 0.3 is 0 Å². The van der Waals surface area contributed by atoms with Crippen molar-refractivity contribution in [2.45, 2.75) is 19.4 Å². The van der Waals surface area contributed by atoms with Gasteiger partial charge in [0, 0.05) is 6.54 Å². The van der Waals surface area contributed by atoms with E-state index in [0.29, 0.717) is 35.3 Å². The molecule has 0 unspecified atom stereocenters. The van der Waals surface area contributed by atoms with Gasteiger partial charge in [-0.25, -0.2) is 5.10 Å². The van der Waals surface area contributed by atoms with Gasteiger partial charge in [-0.1, -0.05) is 29.3 Å². The number of amides is 2. The van der Waals surface area contributed by atoms with Crippen molar-refractivity contribution in [2.75, 3.05) is 13.1 Å². The molecule has 0 spiro atoms. The number of rotatable bonds is 7. The summed E-state index contributed by atoms with van der Waals surface area (Å²) in [6, 6.07) is 5.38. The minimum Gasteiger partial charge on any atom is -0.503 e. The second kappa shape index (κ2) is 8.36. The fourth-order valence-corrected chi connectivity index (χ4v) is 2.97.